The van der Waals surface area contributed by atoms with Crippen LogP contribution in [-0.2, 0) is 6.18 Å². The fraction of sp³-hybridized carbons (Fsp3) is 0.375. The van der Waals surface area contributed by atoms with Crippen LogP contribution in [0.3, 0.4) is 0 Å². The predicted octanol–water partition coefficient (Wildman–Crippen LogP) is 3.70. The van der Waals surface area contributed by atoms with Gasteiger partial charge in [-0.3, -0.25) is 0 Å². The first-order valence-electron chi connectivity index (χ1n) is 3.87. The molecule has 0 saturated carbocycles. The molecule has 0 fully saturated rings. The third kappa shape index (κ3) is 2.52. The molecule has 1 aromatic rings. The van der Waals surface area contributed by atoms with Crippen molar-refractivity contribution in [2.75, 3.05) is 7.11 Å². The van der Waals surface area contributed by atoms with Gasteiger partial charge in [-0.25, -0.2) is 13.8 Å². The van der Waals surface area contributed by atoms with Crippen LogP contribution in [-0.4, -0.2) is 12.1 Å². The number of rotatable bonds is 2. The highest BCUT2D eigenvalue weighted by Crippen LogP contribution is 2.39. The van der Waals surface area contributed by atoms with Crippen molar-refractivity contribution < 1.29 is 26.7 Å². The highest BCUT2D eigenvalue weighted by molar-refractivity contribution is 6.30. The van der Waals surface area contributed by atoms with E-state index in [-0.39, 0.29) is 6.07 Å². The topological polar surface area (TPSA) is 22.1 Å². The lowest BCUT2D eigenvalue weighted by molar-refractivity contribution is -0.139. The summed E-state index contributed by atoms with van der Waals surface area (Å²) in [6, 6.07) is 0.235. The molecule has 0 aliphatic rings. The fourth-order valence-electron chi connectivity index (χ4n) is 1.00. The smallest absolute Gasteiger partial charge is 0.421 e. The maximum absolute atomic E-state index is 12.4. The Morgan fingerprint density at radius 1 is 1.38 bits per heavy atom. The van der Waals surface area contributed by atoms with E-state index < -0.39 is 34.8 Å². The van der Waals surface area contributed by atoms with Crippen LogP contribution in [0.4, 0.5) is 22.0 Å². The fourth-order valence-corrected chi connectivity index (χ4v) is 1.22. The summed E-state index contributed by atoms with van der Waals surface area (Å²) in [6.07, 6.45) is -7.96. The molecule has 0 bridgehead atoms. The van der Waals surface area contributed by atoms with Crippen molar-refractivity contribution in [1.82, 2.24) is 4.98 Å². The number of alkyl halides is 5. The monoisotopic (exact) mass is 261 g/mol. The van der Waals surface area contributed by atoms with Gasteiger partial charge in [-0.05, 0) is 6.07 Å². The molecule has 0 aromatic carbocycles. The first kappa shape index (κ1) is 13.0. The van der Waals surface area contributed by atoms with Crippen molar-refractivity contribution in [1.29, 1.82) is 0 Å². The van der Waals surface area contributed by atoms with Crippen LogP contribution in [0.25, 0.3) is 0 Å². The van der Waals surface area contributed by atoms with Gasteiger partial charge in [0.1, 0.15) is 10.7 Å². The number of hydrogen-bond acceptors (Lipinski definition) is 2. The largest absolute Gasteiger partial charge is 0.481 e. The van der Waals surface area contributed by atoms with E-state index in [4.69, 9.17) is 11.6 Å². The van der Waals surface area contributed by atoms with Gasteiger partial charge in [-0.1, -0.05) is 11.6 Å². The summed E-state index contributed by atoms with van der Waals surface area (Å²) >= 11 is 5.29. The van der Waals surface area contributed by atoms with Crippen molar-refractivity contribution in [3.05, 3.63) is 22.3 Å². The zero-order valence-corrected chi connectivity index (χ0v) is 8.53. The average molecular weight is 262 g/mol. The maximum Gasteiger partial charge on any atom is 0.421 e. The molecule has 0 atom stereocenters. The minimum absolute atomic E-state index is 0.235. The summed E-state index contributed by atoms with van der Waals surface area (Å²) in [4.78, 5) is 3.12. The lowest BCUT2D eigenvalue weighted by Crippen LogP contribution is -2.10. The highest BCUT2D eigenvalue weighted by Gasteiger charge is 2.37. The van der Waals surface area contributed by atoms with Crippen LogP contribution in [0.15, 0.2) is 6.07 Å². The van der Waals surface area contributed by atoms with Crippen LogP contribution < -0.4 is 4.74 Å². The first-order chi connectivity index (χ1) is 7.27. The van der Waals surface area contributed by atoms with Crippen LogP contribution in [0.1, 0.15) is 17.6 Å². The van der Waals surface area contributed by atoms with Gasteiger partial charge >= 0.3 is 6.18 Å². The third-order valence-electron chi connectivity index (χ3n) is 1.70. The lowest BCUT2D eigenvalue weighted by atomic mass is 10.2. The Labute approximate surface area is 92.0 Å². The molecule has 8 heteroatoms. The van der Waals surface area contributed by atoms with Crippen molar-refractivity contribution in [2.45, 2.75) is 12.6 Å². The summed E-state index contributed by atoms with van der Waals surface area (Å²) in [5.74, 6) is -0.832. The molecule has 0 aliphatic heterocycles. The molecular weight excluding hydrogens is 257 g/mol. The van der Waals surface area contributed by atoms with Crippen LogP contribution >= 0.6 is 11.6 Å². The van der Waals surface area contributed by atoms with Crippen molar-refractivity contribution in [3.8, 4) is 5.88 Å². The number of aromatic nitrogens is 1. The van der Waals surface area contributed by atoms with Crippen molar-refractivity contribution >= 4 is 11.6 Å². The Morgan fingerprint density at radius 2 is 1.94 bits per heavy atom. The molecule has 0 aliphatic carbocycles. The number of methoxy groups -OCH3 is 1. The summed E-state index contributed by atoms with van der Waals surface area (Å²) in [6.45, 7) is 0. The number of hydrogen-bond donors (Lipinski definition) is 0. The van der Waals surface area contributed by atoms with Gasteiger partial charge in [-0.2, -0.15) is 13.2 Å². The number of halogens is 6. The highest BCUT2D eigenvalue weighted by atomic mass is 35.5. The standard InChI is InChI=1S/C8H5ClF5NO/c1-16-7-4(8(12,13)14)2-3(6(10)11)5(9)15-7/h2,6H,1H3. The van der Waals surface area contributed by atoms with E-state index in [2.05, 4.69) is 9.72 Å². The van der Waals surface area contributed by atoms with E-state index in [1.165, 1.54) is 0 Å². The molecule has 1 rings (SSSR count). The zero-order valence-electron chi connectivity index (χ0n) is 7.78. The zero-order chi connectivity index (χ0) is 12.5. The molecule has 1 aromatic heterocycles. The molecule has 0 amide bonds. The van der Waals surface area contributed by atoms with Crippen LogP contribution in [0.5, 0.6) is 5.88 Å². The molecule has 0 unspecified atom stereocenters. The summed E-state index contributed by atoms with van der Waals surface area (Å²) in [5.41, 5.74) is -2.36. The van der Waals surface area contributed by atoms with E-state index in [0.717, 1.165) is 7.11 Å². The van der Waals surface area contributed by atoms with Crippen molar-refractivity contribution in [3.63, 3.8) is 0 Å². The molecule has 0 saturated heterocycles. The van der Waals surface area contributed by atoms with E-state index >= 15 is 0 Å². The summed E-state index contributed by atoms with van der Waals surface area (Å²) in [5, 5.41) is -0.708. The van der Waals surface area contributed by atoms with E-state index in [9.17, 15) is 22.0 Å². The molecule has 0 spiro atoms. The SMILES string of the molecule is COc1nc(Cl)c(C(F)F)cc1C(F)(F)F. The van der Waals surface area contributed by atoms with Crippen molar-refractivity contribution in [2.24, 2.45) is 0 Å². The molecule has 2 nitrogen and oxygen atoms in total. The van der Waals surface area contributed by atoms with Gasteiger partial charge in [0.25, 0.3) is 6.43 Å². The van der Waals surface area contributed by atoms with Gasteiger partial charge in [-0.15, -0.1) is 0 Å². The van der Waals surface area contributed by atoms with E-state index in [0.29, 0.717) is 0 Å². The predicted molar refractivity (Wildman–Crippen MR) is 45.8 cm³/mol. The summed E-state index contributed by atoms with van der Waals surface area (Å²) < 4.78 is 66.1. The third-order valence-corrected chi connectivity index (χ3v) is 2.00. The molecule has 1 heterocycles. The van der Waals surface area contributed by atoms with E-state index in [1.54, 1.807) is 0 Å². The van der Waals surface area contributed by atoms with Gasteiger partial charge in [0, 0.05) is 0 Å². The van der Waals surface area contributed by atoms with Gasteiger partial charge in [0.2, 0.25) is 5.88 Å². The van der Waals surface area contributed by atoms with Crippen LogP contribution in [0, 0.1) is 0 Å². The minimum atomic E-state index is -4.83. The quantitative estimate of drug-likeness (QED) is 0.598. The number of nitrogens with zero attached hydrogens (tertiary/aromatic N) is 1. The number of ether oxygens (including phenoxy) is 1. The molecule has 0 radical (unpaired) electrons. The van der Waals surface area contributed by atoms with Gasteiger partial charge in [0.05, 0.1) is 12.7 Å². The second-order valence-electron chi connectivity index (χ2n) is 2.72. The Bertz CT molecular complexity index is 393. The van der Waals surface area contributed by atoms with Gasteiger partial charge in [0.15, 0.2) is 0 Å². The Balaban J connectivity index is 3.41. The van der Waals surface area contributed by atoms with E-state index in [1.807, 2.05) is 0 Å². The summed E-state index contributed by atoms with van der Waals surface area (Å²) in [7, 11) is 0.940. The van der Waals surface area contributed by atoms with Gasteiger partial charge < -0.3 is 4.74 Å². The Hall–Kier alpha value is -1.11. The lowest BCUT2D eigenvalue weighted by Gasteiger charge is -2.13. The Kier molecular flexibility index (Phi) is 3.57. The molecule has 16 heavy (non-hydrogen) atoms. The average Bonchev–Trinajstić information content (AvgIpc) is 2.14. The minimum Gasteiger partial charge on any atom is -0.481 e. The van der Waals surface area contributed by atoms with Crippen LogP contribution in [0.2, 0.25) is 5.15 Å². The molecular formula is C8H5ClF5NO. The molecule has 0 N–H and O–H groups in total. The first-order valence-corrected chi connectivity index (χ1v) is 4.25. The Morgan fingerprint density at radius 3 is 2.31 bits per heavy atom. The second kappa shape index (κ2) is 4.40. The number of pyridine rings is 1. The molecule has 90 valence electrons. The maximum atomic E-state index is 12.4. The normalized spacial score (nSPS) is 12.0. The second-order valence-corrected chi connectivity index (χ2v) is 3.08.